The Bertz CT molecular complexity index is 406. The van der Waals surface area contributed by atoms with E-state index in [2.05, 4.69) is 4.90 Å². The maximum atomic E-state index is 13.1. The first-order chi connectivity index (χ1) is 9.16. The van der Waals surface area contributed by atoms with E-state index in [1.807, 2.05) is 0 Å². The predicted molar refractivity (Wildman–Crippen MR) is 69.8 cm³/mol. The third kappa shape index (κ3) is 4.16. The summed E-state index contributed by atoms with van der Waals surface area (Å²) in [6.07, 6.45) is -0.742. The van der Waals surface area contributed by atoms with Gasteiger partial charge < -0.3 is 14.6 Å². The van der Waals surface area contributed by atoms with Crippen LogP contribution in [0.1, 0.15) is 18.6 Å². The molecule has 1 aromatic carbocycles. The molecule has 5 heteroatoms. The maximum Gasteiger partial charge on any atom is 0.125 e. The number of nitrogens with zero attached hydrogens (tertiary/aromatic N) is 1. The Kier molecular flexibility index (Phi) is 5.13. The van der Waals surface area contributed by atoms with E-state index >= 15 is 0 Å². The topological polar surface area (TPSA) is 41.9 Å². The molecule has 0 unspecified atom stereocenters. The Morgan fingerprint density at radius 1 is 1.42 bits per heavy atom. The van der Waals surface area contributed by atoms with E-state index in [1.54, 1.807) is 13.0 Å². The van der Waals surface area contributed by atoms with Crippen LogP contribution in [0.15, 0.2) is 18.2 Å². The molecule has 1 saturated heterocycles. The Morgan fingerprint density at radius 2 is 2.16 bits per heavy atom. The number of rotatable bonds is 5. The number of aliphatic hydroxyl groups is 1. The largest absolute Gasteiger partial charge is 0.492 e. The maximum absolute atomic E-state index is 13.1. The lowest BCUT2D eigenvalue weighted by Crippen LogP contribution is -2.38. The van der Waals surface area contributed by atoms with Gasteiger partial charge in [-0.05, 0) is 25.1 Å². The molecular weight excluding hydrogens is 249 g/mol. The summed E-state index contributed by atoms with van der Waals surface area (Å²) >= 11 is 0. The molecular formula is C14H20FNO3. The van der Waals surface area contributed by atoms with Crippen LogP contribution in [0.25, 0.3) is 0 Å². The second-order valence-electron chi connectivity index (χ2n) is 4.66. The van der Waals surface area contributed by atoms with Crippen LogP contribution in [0.2, 0.25) is 0 Å². The average Bonchev–Trinajstić information content (AvgIpc) is 2.41. The van der Waals surface area contributed by atoms with E-state index in [-0.39, 0.29) is 5.82 Å². The van der Waals surface area contributed by atoms with Crippen molar-refractivity contribution in [2.45, 2.75) is 13.0 Å². The fourth-order valence-electron chi connectivity index (χ4n) is 2.09. The van der Waals surface area contributed by atoms with Crippen LogP contribution in [0.4, 0.5) is 4.39 Å². The minimum absolute atomic E-state index is 0.364. The number of ether oxygens (including phenoxy) is 2. The molecule has 0 bridgehead atoms. The fraction of sp³-hybridized carbons (Fsp3) is 0.571. The van der Waals surface area contributed by atoms with Crippen LogP contribution in [0, 0.1) is 5.82 Å². The number of hydrogen-bond donors (Lipinski definition) is 1. The lowest BCUT2D eigenvalue weighted by atomic mass is 10.1. The Labute approximate surface area is 112 Å². The first kappa shape index (κ1) is 14.2. The van der Waals surface area contributed by atoms with Gasteiger partial charge in [-0.3, -0.25) is 4.90 Å². The normalized spacial score (nSPS) is 18.3. The highest BCUT2D eigenvalue weighted by Gasteiger charge is 2.13. The summed E-state index contributed by atoms with van der Waals surface area (Å²) in [6.45, 7) is 6.27. The van der Waals surface area contributed by atoms with Crippen LogP contribution in [-0.4, -0.2) is 49.5 Å². The quantitative estimate of drug-likeness (QED) is 0.881. The molecule has 1 fully saturated rings. The van der Waals surface area contributed by atoms with E-state index in [4.69, 9.17) is 9.47 Å². The SMILES string of the molecule is C[C@@H](O)c1cc(F)ccc1OCCN1CCOCC1. The zero-order valence-corrected chi connectivity index (χ0v) is 11.1. The van der Waals surface area contributed by atoms with E-state index in [0.717, 1.165) is 32.8 Å². The summed E-state index contributed by atoms with van der Waals surface area (Å²) in [7, 11) is 0. The molecule has 106 valence electrons. The van der Waals surface area contributed by atoms with E-state index in [9.17, 15) is 9.50 Å². The molecule has 0 aliphatic carbocycles. The number of aliphatic hydroxyl groups excluding tert-OH is 1. The van der Waals surface area contributed by atoms with Gasteiger partial charge in [-0.25, -0.2) is 4.39 Å². The van der Waals surface area contributed by atoms with Crippen molar-refractivity contribution in [2.24, 2.45) is 0 Å². The van der Waals surface area contributed by atoms with Gasteiger partial charge in [0.2, 0.25) is 0 Å². The zero-order chi connectivity index (χ0) is 13.7. The second kappa shape index (κ2) is 6.84. The van der Waals surface area contributed by atoms with Crippen molar-refractivity contribution in [1.82, 2.24) is 4.90 Å². The standard InChI is InChI=1S/C14H20FNO3/c1-11(17)13-10-12(15)2-3-14(13)19-9-6-16-4-7-18-8-5-16/h2-3,10-11,17H,4-9H2,1H3/t11-/m1/s1. The lowest BCUT2D eigenvalue weighted by Gasteiger charge is -2.26. The molecule has 0 spiro atoms. The number of benzene rings is 1. The molecule has 2 rings (SSSR count). The molecule has 4 nitrogen and oxygen atoms in total. The summed E-state index contributed by atoms with van der Waals surface area (Å²) in [5.74, 6) is 0.182. The van der Waals surface area contributed by atoms with Crippen LogP contribution in [0.3, 0.4) is 0 Å². The van der Waals surface area contributed by atoms with Gasteiger partial charge >= 0.3 is 0 Å². The van der Waals surface area contributed by atoms with Crippen LogP contribution < -0.4 is 4.74 Å². The van der Waals surface area contributed by atoms with Crippen molar-refractivity contribution < 1.29 is 19.0 Å². The Balaban J connectivity index is 1.88. The van der Waals surface area contributed by atoms with Crippen molar-refractivity contribution >= 4 is 0 Å². The Morgan fingerprint density at radius 3 is 2.84 bits per heavy atom. The molecule has 1 N–H and O–H groups in total. The van der Waals surface area contributed by atoms with Crippen LogP contribution >= 0.6 is 0 Å². The zero-order valence-electron chi connectivity index (χ0n) is 11.1. The smallest absolute Gasteiger partial charge is 0.125 e. The first-order valence-electron chi connectivity index (χ1n) is 6.57. The number of halogens is 1. The minimum atomic E-state index is -0.742. The molecule has 1 heterocycles. The third-order valence-corrected chi connectivity index (χ3v) is 3.19. The van der Waals surface area contributed by atoms with Gasteiger partial charge in [-0.1, -0.05) is 0 Å². The summed E-state index contributed by atoms with van der Waals surface area (Å²) in [6, 6.07) is 4.22. The van der Waals surface area contributed by atoms with Gasteiger partial charge in [-0.15, -0.1) is 0 Å². The van der Waals surface area contributed by atoms with Gasteiger partial charge in [0.1, 0.15) is 18.2 Å². The average molecular weight is 269 g/mol. The molecule has 0 radical (unpaired) electrons. The molecule has 19 heavy (non-hydrogen) atoms. The third-order valence-electron chi connectivity index (χ3n) is 3.19. The number of hydrogen-bond acceptors (Lipinski definition) is 4. The molecule has 1 aromatic rings. The lowest BCUT2D eigenvalue weighted by molar-refractivity contribution is 0.0320. The summed E-state index contributed by atoms with van der Waals surface area (Å²) in [4.78, 5) is 2.26. The Hall–Kier alpha value is -1.17. The van der Waals surface area contributed by atoms with Crippen molar-refractivity contribution in [2.75, 3.05) is 39.5 Å². The summed E-state index contributed by atoms with van der Waals surface area (Å²) in [5.41, 5.74) is 0.488. The first-order valence-corrected chi connectivity index (χ1v) is 6.57. The van der Waals surface area contributed by atoms with Gasteiger partial charge in [0.15, 0.2) is 0 Å². The molecule has 1 aliphatic heterocycles. The van der Waals surface area contributed by atoms with E-state index in [1.165, 1.54) is 12.1 Å². The van der Waals surface area contributed by atoms with Crippen LogP contribution in [-0.2, 0) is 4.74 Å². The molecule has 0 amide bonds. The van der Waals surface area contributed by atoms with Gasteiger partial charge in [0, 0.05) is 25.2 Å². The van der Waals surface area contributed by atoms with Crippen molar-refractivity contribution in [3.05, 3.63) is 29.6 Å². The molecule has 1 aliphatic rings. The van der Waals surface area contributed by atoms with Gasteiger partial charge in [0.05, 0.1) is 19.3 Å². The summed E-state index contributed by atoms with van der Waals surface area (Å²) < 4.78 is 24.0. The molecule has 0 aromatic heterocycles. The fourth-order valence-corrected chi connectivity index (χ4v) is 2.09. The highest BCUT2D eigenvalue weighted by molar-refractivity contribution is 5.35. The van der Waals surface area contributed by atoms with E-state index in [0.29, 0.717) is 17.9 Å². The highest BCUT2D eigenvalue weighted by Crippen LogP contribution is 2.25. The predicted octanol–water partition coefficient (Wildman–Crippen LogP) is 1.59. The van der Waals surface area contributed by atoms with E-state index < -0.39 is 6.10 Å². The van der Waals surface area contributed by atoms with Crippen molar-refractivity contribution in [3.63, 3.8) is 0 Å². The second-order valence-corrected chi connectivity index (χ2v) is 4.66. The van der Waals surface area contributed by atoms with Crippen molar-refractivity contribution in [1.29, 1.82) is 0 Å². The minimum Gasteiger partial charge on any atom is -0.492 e. The van der Waals surface area contributed by atoms with Gasteiger partial charge in [-0.2, -0.15) is 0 Å². The summed E-state index contributed by atoms with van der Waals surface area (Å²) in [5, 5.41) is 9.60. The van der Waals surface area contributed by atoms with Crippen molar-refractivity contribution in [3.8, 4) is 5.75 Å². The molecule has 0 saturated carbocycles. The molecule has 1 atom stereocenters. The van der Waals surface area contributed by atoms with Crippen LogP contribution in [0.5, 0.6) is 5.75 Å². The monoisotopic (exact) mass is 269 g/mol. The highest BCUT2D eigenvalue weighted by atomic mass is 19.1. The van der Waals surface area contributed by atoms with Gasteiger partial charge in [0.25, 0.3) is 0 Å². The number of morpholine rings is 1.